The SMILES string of the molecule is C=CCNC(=O)C(=O)[C@H](CC(F)F)NC(=O)C1[C@H]2CCC[C@H]2CN1C(=O)[C@@H](NC(N)=O)C(C)(C)C. The maximum absolute atomic E-state index is 13.5. The number of ketones is 1. The molecule has 0 spiro atoms. The van der Waals surface area contributed by atoms with Crippen LogP contribution in [0.4, 0.5) is 13.6 Å². The number of nitrogens with two attached hydrogens (primary N) is 1. The van der Waals surface area contributed by atoms with Crippen molar-refractivity contribution in [1.82, 2.24) is 20.9 Å². The number of nitrogens with zero attached hydrogens (tertiary/aromatic N) is 1. The van der Waals surface area contributed by atoms with E-state index in [1.165, 1.54) is 11.0 Å². The molecule has 5 N–H and O–H groups in total. The Bertz CT molecular complexity index is 860. The van der Waals surface area contributed by atoms with Crippen LogP contribution in [0, 0.1) is 17.3 Å². The number of nitrogens with one attached hydrogen (secondary N) is 3. The molecule has 12 heteroatoms. The van der Waals surface area contributed by atoms with Crippen molar-refractivity contribution >= 4 is 29.5 Å². The highest BCUT2D eigenvalue weighted by Crippen LogP contribution is 2.43. The van der Waals surface area contributed by atoms with Crippen LogP contribution in [0.1, 0.15) is 46.5 Å². The van der Waals surface area contributed by atoms with E-state index in [1.54, 1.807) is 20.8 Å². The second kappa shape index (κ2) is 11.6. The Morgan fingerprint density at radius 2 is 1.80 bits per heavy atom. The highest BCUT2D eigenvalue weighted by atomic mass is 19.3. The summed E-state index contributed by atoms with van der Waals surface area (Å²) < 4.78 is 26.4. The topological polar surface area (TPSA) is 151 Å². The minimum atomic E-state index is -2.96. The number of Topliss-reactive ketones (excluding diaryl/α,β-unsaturated/α-hetero) is 1. The Morgan fingerprint density at radius 1 is 1.14 bits per heavy atom. The first kappa shape index (κ1) is 28.2. The summed E-state index contributed by atoms with van der Waals surface area (Å²) in [6, 6.07) is -4.71. The number of carbonyl (C=O) groups is 5. The summed E-state index contributed by atoms with van der Waals surface area (Å²) in [7, 11) is 0. The van der Waals surface area contributed by atoms with Crippen LogP contribution >= 0.6 is 0 Å². The molecule has 1 aliphatic heterocycles. The number of likely N-dealkylation sites (tertiary alicyclic amines) is 1. The van der Waals surface area contributed by atoms with Gasteiger partial charge >= 0.3 is 6.03 Å². The fraction of sp³-hybridized carbons (Fsp3) is 0.696. The third kappa shape index (κ3) is 6.98. The van der Waals surface area contributed by atoms with Gasteiger partial charge in [0.25, 0.3) is 5.91 Å². The number of carbonyl (C=O) groups excluding carboxylic acids is 5. The number of rotatable bonds is 10. The second-order valence-electron chi connectivity index (χ2n) is 10.1. The summed E-state index contributed by atoms with van der Waals surface area (Å²) in [5.74, 6) is -3.84. The summed E-state index contributed by atoms with van der Waals surface area (Å²) in [5.41, 5.74) is 4.53. The van der Waals surface area contributed by atoms with Crippen LogP contribution in [0.2, 0.25) is 0 Å². The van der Waals surface area contributed by atoms with E-state index in [9.17, 15) is 32.8 Å². The number of alkyl halides is 2. The van der Waals surface area contributed by atoms with Gasteiger partial charge in [0.05, 0.1) is 0 Å². The zero-order valence-corrected chi connectivity index (χ0v) is 20.3. The molecule has 0 bridgehead atoms. The molecule has 1 saturated heterocycles. The lowest BCUT2D eigenvalue weighted by molar-refractivity contribution is -0.145. The van der Waals surface area contributed by atoms with Crippen molar-refractivity contribution in [1.29, 1.82) is 0 Å². The molecular weight excluding hydrogens is 464 g/mol. The fourth-order valence-electron chi connectivity index (χ4n) is 4.90. The molecule has 196 valence electrons. The number of urea groups is 1. The lowest BCUT2D eigenvalue weighted by Gasteiger charge is -2.36. The van der Waals surface area contributed by atoms with Gasteiger partial charge in [-0.05, 0) is 30.1 Å². The summed E-state index contributed by atoms with van der Waals surface area (Å²) in [5, 5.41) is 6.97. The minimum absolute atomic E-state index is 0.0176. The average Bonchev–Trinajstić information content (AvgIpc) is 3.34. The van der Waals surface area contributed by atoms with Crippen molar-refractivity contribution < 1.29 is 32.8 Å². The van der Waals surface area contributed by atoms with E-state index in [2.05, 4.69) is 22.5 Å². The first-order valence-corrected chi connectivity index (χ1v) is 11.7. The minimum Gasteiger partial charge on any atom is -0.352 e. The molecule has 2 aliphatic rings. The summed E-state index contributed by atoms with van der Waals surface area (Å²) in [6.07, 6.45) is -0.419. The maximum atomic E-state index is 13.5. The molecule has 1 aliphatic carbocycles. The molecule has 0 aromatic heterocycles. The van der Waals surface area contributed by atoms with Gasteiger partial charge in [-0.1, -0.05) is 33.3 Å². The third-order valence-corrected chi connectivity index (χ3v) is 6.52. The van der Waals surface area contributed by atoms with Crippen LogP contribution in [-0.2, 0) is 19.2 Å². The standard InChI is InChI=1S/C23H35F2N5O5/c1-5-9-27-20(33)17(31)14(10-15(24)25)28-19(32)16-13-8-6-7-12(13)11-30(16)21(34)18(23(2,3)4)29-22(26)35/h5,12-16,18H,1,6-11H2,2-4H3,(H,27,33)(H,28,32)(H3,26,29,35)/t12-,13-,14-,16?,18+/m0/s1. The Balaban J connectivity index is 2.31. The molecular formula is C23H35F2N5O5. The largest absolute Gasteiger partial charge is 0.352 e. The molecule has 0 aromatic carbocycles. The summed E-state index contributed by atoms with van der Waals surface area (Å²) in [4.78, 5) is 64.4. The van der Waals surface area contributed by atoms with Crippen LogP contribution in [0.5, 0.6) is 0 Å². The molecule has 2 fully saturated rings. The molecule has 35 heavy (non-hydrogen) atoms. The molecule has 5 atom stereocenters. The van der Waals surface area contributed by atoms with Gasteiger partial charge < -0.3 is 26.6 Å². The van der Waals surface area contributed by atoms with E-state index in [-0.39, 0.29) is 24.9 Å². The van der Waals surface area contributed by atoms with Crippen molar-refractivity contribution in [2.24, 2.45) is 23.0 Å². The Labute approximate surface area is 203 Å². The predicted molar refractivity (Wildman–Crippen MR) is 123 cm³/mol. The lowest BCUT2D eigenvalue weighted by atomic mass is 9.85. The van der Waals surface area contributed by atoms with E-state index in [4.69, 9.17) is 5.73 Å². The smallest absolute Gasteiger partial charge is 0.312 e. The number of hydrogen-bond donors (Lipinski definition) is 4. The number of hydrogen-bond acceptors (Lipinski definition) is 5. The molecule has 5 amide bonds. The van der Waals surface area contributed by atoms with Crippen LogP contribution in [0.3, 0.4) is 0 Å². The number of fused-ring (bicyclic) bond motifs is 1. The van der Waals surface area contributed by atoms with Crippen molar-refractivity contribution in [3.63, 3.8) is 0 Å². The van der Waals surface area contributed by atoms with Gasteiger partial charge in [-0.25, -0.2) is 13.6 Å². The van der Waals surface area contributed by atoms with Gasteiger partial charge in [-0.3, -0.25) is 19.2 Å². The highest BCUT2D eigenvalue weighted by molar-refractivity contribution is 6.38. The Kier molecular flexibility index (Phi) is 9.33. The maximum Gasteiger partial charge on any atom is 0.312 e. The second-order valence-corrected chi connectivity index (χ2v) is 10.1. The van der Waals surface area contributed by atoms with Gasteiger partial charge in [0, 0.05) is 19.5 Å². The normalized spacial score (nSPS) is 23.3. The zero-order chi connectivity index (χ0) is 26.5. The van der Waals surface area contributed by atoms with Crippen molar-refractivity contribution in [3.8, 4) is 0 Å². The van der Waals surface area contributed by atoms with E-state index in [0.717, 1.165) is 12.8 Å². The molecule has 1 unspecified atom stereocenters. The first-order valence-electron chi connectivity index (χ1n) is 11.7. The van der Waals surface area contributed by atoms with Crippen LogP contribution < -0.4 is 21.7 Å². The first-order chi connectivity index (χ1) is 16.3. The molecule has 1 heterocycles. The van der Waals surface area contributed by atoms with E-state index < -0.39 is 65.9 Å². The van der Waals surface area contributed by atoms with E-state index in [1.807, 2.05) is 0 Å². The summed E-state index contributed by atoms with van der Waals surface area (Å²) >= 11 is 0. The van der Waals surface area contributed by atoms with Gasteiger partial charge in [0.1, 0.15) is 18.1 Å². The summed E-state index contributed by atoms with van der Waals surface area (Å²) in [6.45, 7) is 8.81. The van der Waals surface area contributed by atoms with Crippen LogP contribution in [-0.4, -0.2) is 72.1 Å². The zero-order valence-electron chi connectivity index (χ0n) is 20.3. The Hall–Kier alpha value is -3.05. The molecule has 2 rings (SSSR count). The number of amides is 5. The van der Waals surface area contributed by atoms with Crippen molar-refractivity contribution in [3.05, 3.63) is 12.7 Å². The lowest BCUT2D eigenvalue weighted by Crippen LogP contribution is -2.60. The van der Waals surface area contributed by atoms with Gasteiger partial charge in [-0.15, -0.1) is 6.58 Å². The van der Waals surface area contributed by atoms with E-state index >= 15 is 0 Å². The third-order valence-electron chi connectivity index (χ3n) is 6.52. The van der Waals surface area contributed by atoms with Crippen LogP contribution in [0.15, 0.2) is 12.7 Å². The van der Waals surface area contributed by atoms with Crippen molar-refractivity contribution in [2.45, 2.75) is 71.0 Å². The fourth-order valence-corrected chi connectivity index (χ4v) is 4.90. The van der Waals surface area contributed by atoms with Gasteiger partial charge in [0.15, 0.2) is 0 Å². The predicted octanol–water partition coefficient (Wildman–Crippen LogP) is 0.708. The molecule has 10 nitrogen and oxygen atoms in total. The van der Waals surface area contributed by atoms with Crippen molar-refractivity contribution in [2.75, 3.05) is 13.1 Å². The monoisotopic (exact) mass is 499 g/mol. The molecule has 1 saturated carbocycles. The van der Waals surface area contributed by atoms with Crippen LogP contribution in [0.25, 0.3) is 0 Å². The Morgan fingerprint density at radius 3 is 2.34 bits per heavy atom. The van der Waals surface area contributed by atoms with E-state index in [0.29, 0.717) is 6.42 Å². The molecule has 0 radical (unpaired) electrons. The van der Waals surface area contributed by atoms with Gasteiger partial charge in [-0.2, -0.15) is 0 Å². The van der Waals surface area contributed by atoms with Gasteiger partial charge in [0.2, 0.25) is 24.0 Å². The quantitative estimate of drug-likeness (QED) is 0.258. The average molecular weight is 500 g/mol. The number of primary amides is 1. The highest BCUT2D eigenvalue weighted by Gasteiger charge is 2.52. The number of halogens is 2. The molecule has 0 aromatic rings.